The van der Waals surface area contributed by atoms with Gasteiger partial charge in [-0.15, -0.1) is 0 Å². The van der Waals surface area contributed by atoms with Gasteiger partial charge in [-0.3, -0.25) is 4.98 Å². The Hall–Kier alpha value is -2.57. The Bertz CT molecular complexity index is 949. The summed E-state index contributed by atoms with van der Waals surface area (Å²) in [6.07, 6.45) is 1.55. The average Bonchev–Trinajstić information content (AvgIpc) is 2.77. The lowest BCUT2D eigenvalue weighted by atomic mass is 9.88. The van der Waals surface area contributed by atoms with Crippen LogP contribution in [0.25, 0.3) is 22.3 Å². The van der Waals surface area contributed by atoms with Gasteiger partial charge in [-0.25, -0.2) is 9.97 Å². The zero-order valence-electron chi connectivity index (χ0n) is 17.7. The van der Waals surface area contributed by atoms with Gasteiger partial charge in [-0.2, -0.15) is 0 Å². The highest BCUT2D eigenvalue weighted by molar-refractivity contribution is 5.80. The summed E-state index contributed by atoms with van der Waals surface area (Å²) in [7, 11) is 0. The zero-order valence-corrected chi connectivity index (χ0v) is 17.7. The maximum atomic E-state index is 10.2. The van der Waals surface area contributed by atoms with E-state index in [9.17, 15) is 5.11 Å². The molecule has 1 saturated heterocycles. The first-order chi connectivity index (χ1) is 14.0. The van der Waals surface area contributed by atoms with Crippen LogP contribution in [0.2, 0.25) is 0 Å². The average molecular weight is 394 g/mol. The Morgan fingerprint density at radius 3 is 2.41 bits per heavy atom. The van der Waals surface area contributed by atoms with Gasteiger partial charge in [-0.05, 0) is 42.2 Å². The molecule has 1 fully saturated rings. The number of anilines is 1. The van der Waals surface area contributed by atoms with Crippen molar-refractivity contribution in [2.45, 2.75) is 40.3 Å². The molecule has 2 unspecified atom stereocenters. The molecule has 6 nitrogen and oxygen atoms in total. The van der Waals surface area contributed by atoms with Gasteiger partial charge < -0.3 is 15.7 Å². The van der Waals surface area contributed by atoms with Crippen molar-refractivity contribution in [1.82, 2.24) is 15.0 Å². The second-order valence-electron chi connectivity index (χ2n) is 7.50. The lowest BCUT2D eigenvalue weighted by Crippen LogP contribution is -2.47. The Kier molecular flexibility index (Phi) is 6.77. The number of rotatable bonds is 3. The molecular formula is C23H31N5O. The van der Waals surface area contributed by atoms with E-state index in [0.717, 1.165) is 46.9 Å². The van der Waals surface area contributed by atoms with Crippen LogP contribution in [0.15, 0.2) is 42.6 Å². The van der Waals surface area contributed by atoms with Crippen molar-refractivity contribution in [1.29, 1.82) is 0 Å². The summed E-state index contributed by atoms with van der Waals surface area (Å²) in [5.41, 5.74) is 9.07. The summed E-state index contributed by atoms with van der Waals surface area (Å²) in [5, 5.41) is 11.2. The van der Waals surface area contributed by atoms with Gasteiger partial charge in [0, 0.05) is 31.2 Å². The molecule has 1 aliphatic rings. The molecule has 4 rings (SSSR count). The summed E-state index contributed by atoms with van der Waals surface area (Å²) < 4.78 is 0. The molecule has 0 aliphatic carbocycles. The number of aliphatic hydroxyl groups is 1. The fraction of sp³-hybridized carbons (Fsp3) is 0.435. The molecule has 154 valence electrons. The summed E-state index contributed by atoms with van der Waals surface area (Å²) in [6, 6.07) is 11.9. The normalized spacial score (nSPS) is 21.6. The molecule has 4 heterocycles. The molecule has 0 amide bonds. The van der Waals surface area contributed by atoms with Crippen LogP contribution < -0.4 is 10.6 Å². The topological polar surface area (TPSA) is 88.2 Å². The highest BCUT2D eigenvalue weighted by Gasteiger charge is 2.30. The molecule has 0 aromatic carbocycles. The molecule has 29 heavy (non-hydrogen) atoms. The van der Waals surface area contributed by atoms with Crippen LogP contribution in [-0.4, -0.2) is 39.3 Å². The predicted molar refractivity (Wildman–Crippen MR) is 119 cm³/mol. The monoisotopic (exact) mass is 393 g/mol. The summed E-state index contributed by atoms with van der Waals surface area (Å²) in [5.74, 6) is 1.37. The maximum Gasteiger partial charge on any atom is 0.129 e. The predicted octanol–water partition coefficient (Wildman–Crippen LogP) is 3.63. The first-order valence-corrected chi connectivity index (χ1v) is 10.4. The van der Waals surface area contributed by atoms with Gasteiger partial charge in [0.2, 0.25) is 0 Å². The second-order valence-corrected chi connectivity index (χ2v) is 7.50. The summed E-state index contributed by atoms with van der Waals surface area (Å²) in [4.78, 5) is 16.2. The number of aliphatic hydroxyl groups excluding tert-OH is 1. The van der Waals surface area contributed by atoms with E-state index in [4.69, 9.17) is 15.7 Å². The van der Waals surface area contributed by atoms with Crippen molar-refractivity contribution in [3.8, 4) is 11.4 Å². The van der Waals surface area contributed by atoms with Crippen LogP contribution in [0.4, 0.5) is 5.82 Å². The minimum absolute atomic E-state index is 0.222. The van der Waals surface area contributed by atoms with Crippen LogP contribution in [0.5, 0.6) is 0 Å². The first kappa shape index (κ1) is 21.1. The van der Waals surface area contributed by atoms with Crippen molar-refractivity contribution in [2.24, 2.45) is 17.6 Å². The number of hydrogen-bond donors (Lipinski definition) is 2. The molecule has 3 atom stereocenters. The third kappa shape index (κ3) is 4.54. The number of nitrogens with two attached hydrogens (primary N) is 1. The standard InChI is InChI=1S/C21H25N5O.C2H6/c1-13-11-26(12-14(2)21(13)27)20-5-3-4-17(25-20)18-7-6-15-10-23-16(9-22)8-19(15)24-18;1-2/h3-8,10,13-14,21,27H,9,11-12,22H2,1-2H3;1-2H3/t13-,14?,21?;/m1./s1. The van der Waals surface area contributed by atoms with Gasteiger partial charge in [0.05, 0.1) is 28.7 Å². The van der Waals surface area contributed by atoms with Gasteiger partial charge in [0.1, 0.15) is 5.82 Å². The van der Waals surface area contributed by atoms with Gasteiger partial charge >= 0.3 is 0 Å². The Morgan fingerprint density at radius 2 is 1.72 bits per heavy atom. The fourth-order valence-electron chi connectivity index (χ4n) is 3.79. The van der Waals surface area contributed by atoms with Crippen molar-refractivity contribution in [3.05, 3.63) is 48.3 Å². The van der Waals surface area contributed by atoms with E-state index >= 15 is 0 Å². The summed E-state index contributed by atoms with van der Waals surface area (Å²) >= 11 is 0. The number of fused-ring (bicyclic) bond motifs is 1. The molecular weight excluding hydrogens is 362 g/mol. The van der Waals surface area contributed by atoms with E-state index in [2.05, 4.69) is 23.7 Å². The quantitative estimate of drug-likeness (QED) is 0.706. The van der Waals surface area contributed by atoms with Crippen LogP contribution in [-0.2, 0) is 6.54 Å². The SMILES string of the molecule is CC.CC1CN(c2cccc(-c3ccc4cnc(CN)cc4n3)n2)C[C@@H](C)C1O. The molecule has 0 radical (unpaired) electrons. The molecule has 6 heteroatoms. The smallest absolute Gasteiger partial charge is 0.129 e. The van der Waals surface area contributed by atoms with E-state index < -0.39 is 0 Å². The highest BCUT2D eigenvalue weighted by Crippen LogP contribution is 2.27. The van der Waals surface area contributed by atoms with Crippen LogP contribution in [0, 0.1) is 11.8 Å². The molecule has 3 N–H and O–H groups in total. The largest absolute Gasteiger partial charge is 0.392 e. The van der Waals surface area contributed by atoms with Crippen molar-refractivity contribution in [3.63, 3.8) is 0 Å². The van der Waals surface area contributed by atoms with E-state index in [1.807, 2.05) is 50.2 Å². The van der Waals surface area contributed by atoms with Crippen LogP contribution in [0.3, 0.4) is 0 Å². The highest BCUT2D eigenvalue weighted by atomic mass is 16.3. The van der Waals surface area contributed by atoms with E-state index in [1.165, 1.54) is 0 Å². The third-order valence-corrected chi connectivity index (χ3v) is 5.34. The van der Waals surface area contributed by atoms with Gasteiger partial charge in [-0.1, -0.05) is 33.8 Å². The van der Waals surface area contributed by atoms with E-state index in [1.54, 1.807) is 6.20 Å². The van der Waals surface area contributed by atoms with Gasteiger partial charge in [0.25, 0.3) is 0 Å². The minimum atomic E-state index is -0.253. The molecule has 0 spiro atoms. The van der Waals surface area contributed by atoms with Crippen molar-refractivity contribution >= 4 is 16.7 Å². The zero-order chi connectivity index (χ0) is 21.0. The Balaban J connectivity index is 0.00000117. The van der Waals surface area contributed by atoms with Crippen molar-refractivity contribution in [2.75, 3.05) is 18.0 Å². The molecule has 3 aromatic rings. The number of nitrogens with zero attached hydrogens (tertiary/aromatic N) is 4. The number of pyridine rings is 3. The van der Waals surface area contributed by atoms with Crippen molar-refractivity contribution < 1.29 is 5.11 Å². The number of hydrogen-bond acceptors (Lipinski definition) is 6. The number of aromatic nitrogens is 3. The van der Waals surface area contributed by atoms with E-state index in [0.29, 0.717) is 6.54 Å². The third-order valence-electron chi connectivity index (χ3n) is 5.34. The van der Waals surface area contributed by atoms with Gasteiger partial charge in [0.15, 0.2) is 0 Å². The Morgan fingerprint density at radius 1 is 1.03 bits per heavy atom. The number of piperidine rings is 1. The minimum Gasteiger partial charge on any atom is -0.392 e. The molecule has 1 aliphatic heterocycles. The fourth-order valence-corrected chi connectivity index (χ4v) is 3.79. The maximum absolute atomic E-state index is 10.2. The Labute approximate surface area is 172 Å². The molecule has 3 aromatic heterocycles. The van der Waals surface area contributed by atoms with Crippen LogP contribution in [0.1, 0.15) is 33.4 Å². The second kappa shape index (κ2) is 9.29. The summed E-state index contributed by atoms with van der Waals surface area (Å²) in [6.45, 7) is 10.2. The van der Waals surface area contributed by atoms with E-state index in [-0.39, 0.29) is 17.9 Å². The molecule has 0 saturated carbocycles. The van der Waals surface area contributed by atoms with Crippen LogP contribution >= 0.6 is 0 Å². The molecule has 0 bridgehead atoms. The first-order valence-electron chi connectivity index (χ1n) is 10.4. The lowest BCUT2D eigenvalue weighted by Gasteiger charge is -2.39. The lowest BCUT2D eigenvalue weighted by molar-refractivity contribution is 0.0527.